The maximum atomic E-state index is 15.0. The van der Waals surface area contributed by atoms with Gasteiger partial charge in [-0.3, -0.25) is 0 Å². The first-order valence-corrected chi connectivity index (χ1v) is 10.7. The lowest BCUT2D eigenvalue weighted by molar-refractivity contribution is 0.265. The SMILES string of the molecule is CC(CO)NS(=O)(=O)c1ccccc1-c1ccc(-c2cnc3[nH]ccc3n2)c(F)c1. The summed E-state index contributed by atoms with van der Waals surface area (Å²) in [5, 5.41) is 9.17. The van der Waals surface area contributed by atoms with E-state index in [9.17, 15) is 12.8 Å². The quantitative estimate of drug-likeness (QED) is 0.439. The summed E-state index contributed by atoms with van der Waals surface area (Å²) >= 11 is 0. The van der Waals surface area contributed by atoms with Crippen LogP contribution in [0, 0.1) is 5.82 Å². The van der Waals surface area contributed by atoms with E-state index < -0.39 is 21.9 Å². The molecule has 4 aromatic rings. The molecule has 0 bridgehead atoms. The fraction of sp³-hybridized carbons (Fsp3) is 0.143. The fourth-order valence-electron chi connectivity index (χ4n) is 3.16. The third kappa shape index (κ3) is 3.82. The van der Waals surface area contributed by atoms with E-state index in [2.05, 4.69) is 19.7 Å². The molecular formula is C21H19FN4O3S. The third-order valence-corrected chi connectivity index (χ3v) is 6.27. The predicted octanol–water partition coefficient (Wildman–Crippen LogP) is 3.09. The van der Waals surface area contributed by atoms with E-state index in [0.29, 0.717) is 28.0 Å². The van der Waals surface area contributed by atoms with Crippen LogP contribution in [0.5, 0.6) is 0 Å². The molecule has 0 aliphatic carbocycles. The van der Waals surface area contributed by atoms with Gasteiger partial charge in [0.05, 0.1) is 23.4 Å². The van der Waals surface area contributed by atoms with Crippen molar-refractivity contribution in [1.82, 2.24) is 19.7 Å². The molecule has 0 saturated carbocycles. The molecular weight excluding hydrogens is 407 g/mol. The Hall–Kier alpha value is -3.14. The molecule has 0 fully saturated rings. The summed E-state index contributed by atoms with van der Waals surface area (Å²) in [6.07, 6.45) is 3.19. The zero-order chi connectivity index (χ0) is 21.3. The Morgan fingerprint density at radius 2 is 1.97 bits per heavy atom. The largest absolute Gasteiger partial charge is 0.395 e. The predicted molar refractivity (Wildman–Crippen MR) is 112 cm³/mol. The number of rotatable bonds is 6. The third-order valence-electron chi connectivity index (χ3n) is 4.62. The second-order valence-electron chi connectivity index (χ2n) is 6.86. The highest BCUT2D eigenvalue weighted by atomic mass is 32.2. The Morgan fingerprint density at radius 1 is 1.17 bits per heavy atom. The average Bonchev–Trinajstić information content (AvgIpc) is 3.21. The van der Waals surface area contributed by atoms with Gasteiger partial charge in [0.1, 0.15) is 11.3 Å². The number of fused-ring (bicyclic) bond motifs is 1. The minimum Gasteiger partial charge on any atom is -0.395 e. The van der Waals surface area contributed by atoms with Crippen molar-refractivity contribution >= 4 is 21.2 Å². The summed E-state index contributed by atoms with van der Waals surface area (Å²) in [6, 6.07) is 11.9. The maximum Gasteiger partial charge on any atom is 0.241 e. The second-order valence-corrected chi connectivity index (χ2v) is 8.54. The molecule has 7 nitrogen and oxygen atoms in total. The van der Waals surface area contributed by atoms with Gasteiger partial charge in [-0.1, -0.05) is 24.3 Å². The zero-order valence-corrected chi connectivity index (χ0v) is 16.8. The molecule has 1 unspecified atom stereocenters. The molecule has 2 heterocycles. The maximum absolute atomic E-state index is 15.0. The number of hydrogen-bond acceptors (Lipinski definition) is 5. The van der Waals surface area contributed by atoms with E-state index >= 15 is 0 Å². The first kappa shape index (κ1) is 20.1. The molecule has 9 heteroatoms. The molecule has 3 N–H and O–H groups in total. The topological polar surface area (TPSA) is 108 Å². The highest BCUT2D eigenvalue weighted by molar-refractivity contribution is 7.89. The number of aromatic amines is 1. The van der Waals surface area contributed by atoms with Crippen LogP contribution in [0.15, 0.2) is 65.8 Å². The van der Waals surface area contributed by atoms with E-state index in [4.69, 9.17) is 5.11 Å². The van der Waals surface area contributed by atoms with E-state index in [1.54, 1.807) is 49.5 Å². The van der Waals surface area contributed by atoms with E-state index in [-0.39, 0.29) is 17.1 Å². The van der Waals surface area contributed by atoms with Crippen LogP contribution in [-0.2, 0) is 10.0 Å². The normalized spacial score (nSPS) is 12.9. The number of nitrogens with one attached hydrogen (secondary N) is 2. The Labute approximate surface area is 172 Å². The van der Waals surface area contributed by atoms with Crippen LogP contribution in [0.25, 0.3) is 33.5 Å². The molecule has 0 amide bonds. The number of nitrogens with zero attached hydrogens (tertiary/aromatic N) is 2. The van der Waals surface area contributed by atoms with E-state index in [1.807, 2.05) is 0 Å². The fourth-order valence-corrected chi connectivity index (χ4v) is 4.62. The number of aliphatic hydroxyl groups excluding tert-OH is 1. The Bertz CT molecular complexity index is 1320. The van der Waals surface area contributed by atoms with Crippen LogP contribution >= 0.6 is 0 Å². The summed E-state index contributed by atoms with van der Waals surface area (Å²) < 4.78 is 42.8. The van der Waals surface area contributed by atoms with Crippen molar-refractivity contribution in [2.45, 2.75) is 17.9 Å². The molecule has 2 aromatic heterocycles. The van der Waals surface area contributed by atoms with Crippen molar-refractivity contribution in [3.05, 3.63) is 66.7 Å². The zero-order valence-electron chi connectivity index (χ0n) is 16.0. The standard InChI is InChI=1S/C21H19FN4O3S/c1-13(12-27)26-30(28,29)20-5-3-2-4-15(20)14-6-7-16(17(22)10-14)19-11-24-21-18(25-19)8-9-23-21/h2-11,13,26-27H,12H2,1H3,(H,23,24). The van der Waals surface area contributed by atoms with Crippen molar-refractivity contribution < 1.29 is 17.9 Å². The highest BCUT2D eigenvalue weighted by Gasteiger charge is 2.22. The summed E-state index contributed by atoms with van der Waals surface area (Å²) in [7, 11) is -3.90. The van der Waals surface area contributed by atoms with Gasteiger partial charge in [-0.2, -0.15) is 0 Å². The van der Waals surface area contributed by atoms with Crippen LogP contribution in [-0.4, -0.2) is 41.1 Å². The monoisotopic (exact) mass is 426 g/mol. The minimum absolute atomic E-state index is 0.00554. The molecule has 154 valence electrons. The molecule has 1 atom stereocenters. The van der Waals surface area contributed by atoms with Gasteiger partial charge in [-0.15, -0.1) is 0 Å². The molecule has 0 saturated heterocycles. The average molecular weight is 426 g/mol. The first-order valence-electron chi connectivity index (χ1n) is 9.21. The van der Waals surface area contributed by atoms with Gasteiger partial charge in [-0.05, 0) is 36.8 Å². The molecule has 0 radical (unpaired) electrons. The number of aromatic nitrogens is 3. The lowest BCUT2D eigenvalue weighted by Crippen LogP contribution is -2.35. The lowest BCUT2D eigenvalue weighted by atomic mass is 10.0. The number of benzene rings is 2. The van der Waals surface area contributed by atoms with Gasteiger partial charge in [0.15, 0.2) is 5.65 Å². The molecule has 0 spiro atoms. The number of aliphatic hydroxyl groups is 1. The van der Waals surface area contributed by atoms with Crippen molar-refractivity contribution in [3.63, 3.8) is 0 Å². The van der Waals surface area contributed by atoms with Gasteiger partial charge in [-0.25, -0.2) is 27.5 Å². The van der Waals surface area contributed by atoms with Crippen LogP contribution < -0.4 is 4.72 Å². The molecule has 30 heavy (non-hydrogen) atoms. The Morgan fingerprint density at radius 3 is 2.73 bits per heavy atom. The number of hydrogen-bond donors (Lipinski definition) is 3. The van der Waals surface area contributed by atoms with Crippen LogP contribution in [0.3, 0.4) is 0 Å². The van der Waals surface area contributed by atoms with Crippen LogP contribution in [0.1, 0.15) is 6.92 Å². The number of halogens is 1. The van der Waals surface area contributed by atoms with Gasteiger partial charge in [0.25, 0.3) is 0 Å². The van der Waals surface area contributed by atoms with Gasteiger partial charge >= 0.3 is 0 Å². The second kappa shape index (κ2) is 7.94. The summed E-state index contributed by atoms with van der Waals surface area (Å²) in [5.74, 6) is -0.541. The smallest absolute Gasteiger partial charge is 0.241 e. The molecule has 2 aromatic carbocycles. The highest BCUT2D eigenvalue weighted by Crippen LogP contribution is 2.31. The number of sulfonamides is 1. The van der Waals surface area contributed by atoms with Gasteiger partial charge in [0, 0.05) is 23.4 Å². The van der Waals surface area contributed by atoms with Crippen molar-refractivity contribution in [2.24, 2.45) is 0 Å². The number of H-pyrrole nitrogens is 1. The van der Waals surface area contributed by atoms with Crippen molar-refractivity contribution in [2.75, 3.05) is 6.61 Å². The Balaban J connectivity index is 1.75. The Kier molecular flexibility index (Phi) is 5.33. The van der Waals surface area contributed by atoms with Gasteiger partial charge < -0.3 is 10.1 Å². The summed E-state index contributed by atoms with van der Waals surface area (Å²) in [6.45, 7) is 1.22. The van der Waals surface area contributed by atoms with Crippen LogP contribution in [0.4, 0.5) is 4.39 Å². The van der Waals surface area contributed by atoms with Gasteiger partial charge in [0.2, 0.25) is 10.0 Å². The van der Waals surface area contributed by atoms with E-state index in [0.717, 1.165) is 0 Å². The first-order chi connectivity index (χ1) is 14.4. The molecule has 0 aliphatic heterocycles. The molecule has 0 aliphatic rings. The van der Waals surface area contributed by atoms with Crippen LogP contribution in [0.2, 0.25) is 0 Å². The van der Waals surface area contributed by atoms with E-state index in [1.165, 1.54) is 18.3 Å². The summed E-state index contributed by atoms with van der Waals surface area (Å²) in [5.41, 5.74) is 2.64. The lowest BCUT2D eigenvalue weighted by Gasteiger charge is -2.15. The molecule has 4 rings (SSSR count). The van der Waals surface area contributed by atoms with Crippen molar-refractivity contribution in [3.8, 4) is 22.4 Å². The minimum atomic E-state index is -3.90. The summed E-state index contributed by atoms with van der Waals surface area (Å²) in [4.78, 5) is 11.6. The van der Waals surface area contributed by atoms with Crippen molar-refractivity contribution in [1.29, 1.82) is 0 Å².